The van der Waals surface area contributed by atoms with Crippen molar-refractivity contribution < 1.29 is 13.2 Å². The normalized spacial score (nSPS) is 11.7. The third-order valence-corrected chi connectivity index (χ3v) is 1.77. The third-order valence-electron chi connectivity index (χ3n) is 1.77. The summed E-state index contributed by atoms with van der Waals surface area (Å²) in [6.07, 6.45) is 0.490. The first-order valence-corrected chi connectivity index (χ1v) is 4.03. The largest absolute Gasteiger partial charge is 0.417 e. The summed E-state index contributed by atoms with van der Waals surface area (Å²) in [6, 6.07) is 3.76. The van der Waals surface area contributed by atoms with Gasteiger partial charge in [0, 0.05) is 12.4 Å². The Morgan fingerprint density at radius 3 is 2.53 bits per heavy atom. The minimum atomic E-state index is -4.36. The molecule has 0 bridgehead atoms. The molecule has 0 saturated carbocycles. The zero-order valence-electron chi connectivity index (χ0n) is 7.36. The van der Waals surface area contributed by atoms with E-state index in [9.17, 15) is 13.2 Å². The summed E-state index contributed by atoms with van der Waals surface area (Å²) >= 11 is 0. The molecule has 0 unspecified atom stereocenters. The van der Waals surface area contributed by atoms with Crippen LogP contribution in [0.4, 0.5) is 13.2 Å². The lowest BCUT2D eigenvalue weighted by atomic mass is 10.3. The Kier molecular flexibility index (Phi) is 2.18. The van der Waals surface area contributed by atoms with Gasteiger partial charge in [-0.2, -0.15) is 18.3 Å². The van der Waals surface area contributed by atoms with Gasteiger partial charge in [-0.25, -0.2) is 9.67 Å². The molecule has 1 radical (unpaired) electrons. The van der Waals surface area contributed by atoms with Crippen molar-refractivity contribution in [2.45, 2.75) is 6.18 Å². The average Bonchev–Trinajstić information content (AvgIpc) is 2.69. The molecule has 2 heterocycles. The van der Waals surface area contributed by atoms with E-state index in [1.165, 1.54) is 10.7 Å². The van der Waals surface area contributed by atoms with Crippen molar-refractivity contribution in [1.82, 2.24) is 14.8 Å². The van der Waals surface area contributed by atoms with Gasteiger partial charge in [0.05, 0.1) is 5.56 Å². The molecule has 15 heavy (non-hydrogen) atoms. The van der Waals surface area contributed by atoms with Crippen LogP contribution >= 0.6 is 0 Å². The van der Waals surface area contributed by atoms with E-state index in [-0.39, 0.29) is 0 Å². The first-order chi connectivity index (χ1) is 7.07. The highest BCUT2D eigenvalue weighted by molar-refractivity contribution is 5.25. The number of hydrogen-bond donors (Lipinski definition) is 0. The van der Waals surface area contributed by atoms with Crippen LogP contribution in [-0.4, -0.2) is 14.8 Å². The lowest BCUT2D eigenvalue weighted by Crippen LogP contribution is -2.06. The predicted molar refractivity (Wildman–Crippen MR) is 45.2 cm³/mol. The maximum atomic E-state index is 12.2. The summed E-state index contributed by atoms with van der Waals surface area (Å²) in [4.78, 5) is 3.65. The Balaban J connectivity index is 2.33. The van der Waals surface area contributed by atoms with Gasteiger partial charge in [0.15, 0.2) is 5.82 Å². The first kappa shape index (κ1) is 9.70. The second-order valence-corrected chi connectivity index (χ2v) is 2.79. The van der Waals surface area contributed by atoms with Crippen LogP contribution in [0.5, 0.6) is 0 Å². The molecule has 0 fully saturated rings. The Morgan fingerprint density at radius 1 is 1.27 bits per heavy atom. The summed E-state index contributed by atoms with van der Waals surface area (Å²) in [6.45, 7) is 0. The zero-order valence-corrected chi connectivity index (χ0v) is 7.36. The molecule has 0 N–H and O–H groups in total. The number of aromatic nitrogens is 3. The fourth-order valence-electron chi connectivity index (χ4n) is 1.05. The van der Waals surface area contributed by atoms with Gasteiger partial charge in [-0.15, -0.1) is 0 Å². The summed E-state index contributed by atoms with van der Waals surface area (Å²) in [5, 5.41) is 3.73. The molecule has 0 spiro atoms. The SMILES string of the molecule is FC(F)(F)c1ccc(-n2cc[c]n2)nc1. The van der Waals surface area contributed by atoms with Gasteiger partial charge >= 0.3 is 6.18 Å². The van der Waals surface area contributed by atoms with Crippen LogP contribution in [0.25, 0.3) is 5.82 Å². The Bertz CT molecular complexity index is 431. The Labute approximate surface area is 83.2 Å². The number of pyridine rings is 1. The van der Waals surface area contributed by atoms with Gasteiger partial charge in [0.25, 0.3) is 0 Å². The number of alkyl halides is 3. The van der Waals surface area contributed by atoms with Crippen molar-refractivity contribution in [2.75, 3.05) is 0 Å². The molecule has 0 atom stereocenters. The number of halogens is 3. The molecule has 0 saturated heterocycles. The van der Waals surface area contributed by atoms with Crippen molar-refractivity contribution in [1.29, 1.82) is 0 Å². The van der Waals surface area contributed by atoms with Crippen LogP contribution in [0, 0.1) is 6.20 Å². The fourth-order valence-corrected chi connectivity index (χ4v) is 1.05. The molecule has 2 rings (SSSR count). The van der Waals surface area contributed by atoms with Gasteiger partial charge in [-0.1, -0.05) is 0 Å². The van der Waals surface area contributed by atoms with Crippen molar-refractivity contribution in [2.24, 2.45) is 0 Å². The molecule has 0 aliphatic carbocycles. The maximum Gasteiger partial charge on any atom is 0.417 e. The molecule has 2 aromatic rings. The highest BCUT2D eigenvalue weighted by Gasteiger charge is 2.30. The van der Waals surface area contributed by atoms with E-state index in [4.69, 9.17) is 0 Å². The van der Waals surface area contributed by atoms with Crippen molar-refractivity contribution in [3.63, 3.8) is 0 Å². The molecule has 0 aliphatic heterocycles. The monoisotopic (exact) mass is 212 g/mol. The predicted octanol–water partition coefficient (Wildman–Crippen LogP) is 2.09. The van der Waals surface area contributed by atoms with E-state index in [0.717, 1.165) is 12.3 Å². The zero-order chi connectivity index (χ0) is 10.9. The Hall–Kier alpha value is -1.85. The molecule has 2 aromatic heterocycles. The number of rotatable bonds is 1. The second kappa shape index (κ2) is 3.38. The van der Waals surface area contributed by atoms with Crippen molar-refractivity contribution in [3.8, 4) is 5.82 Å². The minimum Gasteiger partial charge on any atom is -0.237 e. The van der Waals surface area contributed by atoms with Crippen LogP contribution in [0.1, 0.15) is 5.56 Å². The topological polar surface area (TPSA) is 30.7 Å². The smallest absolute Gasteiger partial charge is 0.237 e. The molecule has 3 nitrogen and oxygen atoms in total. The van der Waals surface area contributed by atoms with E-state index in [2.05, 4.69) is 16.3 Å². The summed E-state index contributed by atoms with van der Waals surface area (Å²) in [5.41, 5.74) is -0.776. The van der Waals surface area contributed by atoms with Crippen LogP contribution in [0.2, 0.25) is 0 Å². The van der Waals surface area contributed by atoms with Crippen LogP contribution in [0.15, 0.2) is 30.6 Å². The highest BCUT2D eigenvalue weighted by atomic mass is 19.4. The lowest BCUT2D eigenvalue weighted by Gasteiger charge is -2.06. The average molecular weight is 212 g/mol. The second-order valence-electron chi connectivity index (χ2n) is 2.79. The van der Waals surface area contributed by atoms with E-state index >= 15 is 0 Å². The first-order valence-electron chi connectivity index (χ1n) is 4.03. The van der Waals surface area contributed by atoms with E-state index in [1.807, 2.05) is 0 Å². The molecular weight excluding hydrogens is 207 g/mol. The van der Waals surface area contributed by atoms with Crippen LogP contribution in [-0.2, 0) is 6.18 Å². The van der Waals surface area contributed by atoms with Crippen LogP contribution in [0.3, 0.4) is 0 Å². The quantitative estimate of drug-likeness (QED) is 0.724. The molecule has 6 heteroatoms. The molecular formula is C9H5F3N3. The molecule has 0 aliphatic rings. The minimum absolute atomic E-state index is 0.323. The number of nitrogens with zero attached hydrogens (tertiary/aromatic N) is 3. The van der Waals surface area contributed by atoms with Crippen LogP contribution < -0.4 is 0 Å². The van der Waals surface area contributed by atoms with Gasteiger partial charge in [0.1, 0.15) is 6.20 Å². The van der Waals surface area contributed by atoms with E-state index < -0.39 is 11.7 Å². The highest BCUT2D eigenvalue weighted by Crippen LogP contribution is 2.28. The van der Waals surface area contributed by atoms with Crippen molar-refractivity contribution in [3.05, 3.63) is 42.4 Å². The molecule has 0 aromatic carbocycles. The standard InChI is InChI=1S/C9H5F3N3/c10-9(11,12)7-2-3-8(13-6-7)15-5-1-4-14-15/h1-3,5-6H. The fraction of sp³-hybridized carbons (Fsp3) is 0.111. The summed E-state index contributed by atoms with van der Waals surface area (Å²) in [5.74, 6) is 0.323. The summed E-state index contributed by atoms with van der Waals surface area (Å²) < 4.78 is 37.9. The Morgan fingerprint density at radius 2 is 2.07 bits per heavy atom. The van der Waals surface area contributed by atoms with E-state index in [0.29, 0.717) is 5.82 Å². The van der Waals surface area contributed by atoms with Gasteiger partial charge < -0.3 is 0 Å². The van der Waals surface area contributed by atoms with Crippen molar-refractivity contribution >= 4 is 0 Å². The van der Waals surface area contributed by atoms with Gasteiger partial charge in [-0.3, -0.25) is 0 Å². The third kappa shape index (κ3) is 1.98. The number of hydrogen-bond acceptors (Lipinski definition) is 2. The summed E-state index contributed by atoms with van der Waals surface area (Å²) in [7, 11) is 0. The maximum absolute atomic E-state index is 12.2. The molecule has 77 valence electrons. The van der Waals surface area contributed by atoms with Gasteiger partial charge in [0.2, 0.25) is 0 Å². The molecule has 0 amide bonds. The lowest BCUT2D eigenvalue weighted by molar-refractivity contribution is -0.137. The van der Waals surface area contributed by atoms with Gasteiger partial charge in [-0.05, 0) is 18.2 Å². The van der Waals surface area contributed by atoms with E-state index in [1.54, 1.807) is 12.3 Å².